The Balaban J connectivity index is 1.85. The van der Waals surface area contributed by atoms with Crippen molar-refractivity contribution in [1.29, 1.82) is 0 Å². The zero-order valence-electron chi connectivity index (χ0n) is 13.5. The number of carbonyl (C=O) groups excluding carboxylic acids is 3. The predicted octanol–water partition coefficient (Wildman–Crippen LogP) is 2.39. The fraction of sp³-hybridized carbons (Fsp3) is 0.167. The lowest BCUT2D eigenvalue weighted by molar-refractivity contribution is -0.147. The van der Waals surface area contributed by atoms with Crippen molar-refractivity contribution in [2.45, 2.75) is 6.42 Å². The molecule has 0 aliphatic carbocycles. The number of esters is 1. The molecule has 130 valence electrons. The number of halogens is 1. The third-order valence-electron chi connectivity index (χ3n) is 3.26. The van der Waals surface area contributed by atoms with Gasteiger partial charge in [0.1, 0.15) is 5.75 Å². The van der Waals surface area contributed by atoms with Crippen LogP contribution in [0.25, 0.3) is 0 Å². The molecule has 0 aromatic heterocycles. The van der Waals surface area contributed by atoms with E-state index < -0.39 is 24.4 Å². The monoisotopic (exact) mass is 361 g/mol. The Hall–Kier alpha value is -2.86. The third kappa shape index (κ3) is 5.32. The van der Waals surface area contributed by atoms with Gasteiger partial charge in [-0.2, -0.15) is 0 Å². The van der Waals surface area contributed by atoms with Crippen LogP contribution in [0.4, 0.5) is 0 Å². The Morgan fingerprint density at radius 3 is 2.44 bits per heavy atom. The highest BCUT2D eigenvalue weighted by molar-refractivity contribution is 6.31. The average molecular weight is 362 g/mol. The quantitative estimate of drug-likeness (QED) is 0.799. The summed E-state index contributed by atoms with van der Waals surface area (Å²) in [4.78, 5) is 35.6. The van der Waals surface area contributed by atoms with E-state index >= 15 is 0 Å². The van der Waals surface area contributed by atoms with Crippen molar-refractivity contribution in [3.63, 3.8) is 0 Å². The summed E-state index contributed by atoms with van der Waals surface area (Å²) in [5.74, 6) is -1.65. The van der Waals surface area contributed by atoms with Gasteiger partial charge in [-0.25, -0.2) is 0 Å². The number of hydrogen-bond donors (Lipinski definition) is 1. The molecule has 0 unspecified atom stereocenters. The van der Waals surface area contributed by atoms with Crippen molar-refractivity contribution in [3.8, 4) is 5.75 Å². The van der Waals surface area contributed by atoms with E-state index in [0.29, 0.717) is 16.3 Å². The summed E-state index contributed by atoms with van der Waals surface area (Å²) in [6.45, 7) is -0.565. The van der Waals surface area contributed by atoms with Crippen LogP contribution in [0, 0.1) is 0 Å². The van der Waals surface area contributed by atoms with Gasteiger partial charge in [0.15, 0.2) is 6.61 Å². The molecule has 2 amide bonds. The minimum atomic E-state index is -0.733. The van der Waals surface area contributed by atoms with Crippen molar-refractivity contribution in [1.82, 2.24) is 5.32 Å². The van der Waals surface area contributed by atoms with Crippen LogP contribution in [-0.2, 0) is 20.7 Å². The molecule has 25 heavy (non-hydrogen) atoms. The van der Waals surface area contributed by atoms with Gasteiger partial charge in [-0.05, 0) is 23.8 Å². The molecule has 0 aliphatic heterocycles. The average Bonchev–Trinajstić information content (AvgIpc) is 2.62. The number of imide groups is 1. The first-order valence-electron chi connectivity index (χ1n) is 7.37. The summed E-state index contributed by atoms with van der Waals surface area (Å²) in [7, 11) is 1.42. The lowest BCUT2D eigenvalue weighted by Gasteiger charge is -2.09. The Morgan fingerprint density at radius 2 is 1.72 bits per heavy atom. The molecule has 0 radical (unpaired) electrons. The van der Waals surface area contributed by atoms with Gasteiger partial charge in [0, 0.05) is 5.02 Å². The summed E-state index contributed by atoms with van der Waals surface area (Å²) in [6, 6.07) is 13.3. The third-order valence-corrected chi connectivity index (χ3v) is 3.63. The van der Waals surface area contributed by atoms with Gasteiger partial charge in [0.25, 0.3) is 11.8 Å². The van der Waals surface area contributed by atoms with Crippen LogP contribution < -0.4 is 10.1 Å². The maximum Gasteiger partial charge on any atom is 0.310 e. The zero-order valence-corrected chi connectivity index (χ0v) is 14.2. The van der Waals surface area contributed by atoms with E-state index in [9.17, 15) is 14.4 Å². The second-order valence-electron chi connectivity index (χ2n) is 5.01. The normalized spacial score (nSPS) is 10.0. The van der Waals surface area contributed by atoms with Crippen molar-refractivity contribution in [2.24, 2.45) is 0 Å². The van der Waals surface area contributed by atoms with E-state index in [2.05, 4.69) is 5.32 Å². The van der Waals surface area contributed by atoms with E-state index in [4.69, 9.17) is 21.1 Å². The van der Waals surface area contributed by atoms with E-state index in [1.807, 2.05) is 0 Å². The molecule has 0 spiro atoms. The molecule has 0 atom stereocenters. The van der Waals surface area contributed by atoms with Gasteiger partial charge < -0.3 is 9.47 Å². The fourth-order valence-corrected chi connectivity index (χ4v) is 2.26. The second-order valence-corrected chi connectivity index (χ2v) is 5.41. The van der Waals surface area contributed by atoms with Crippen LogP contribution in [0.1, 0.15) is 15.9 Å². The highest BCUT2D eigenvalue weighted by Crippen LogP contribution is 2.17. The van der Waals surface area contributed by atoms with Gasteiger partial charge in [0.2, 0.25) is 0 Å². The number of rotatable bonds is 6. The fourth-order valence-electron chi connectivity index (χ4n) is 2.06. The molecule has 0 aliphatic rings. The van der Waals surface area contributed by atoms with Crippen LogP contribution in [0.15, 0.2) is 48.5 Å². The van der Waals surface area contributed by atoms with Crippen molar-refractivity contribution in [2.75, 3.05) is 13.7 Å². The number of para-hydroxylation sites is 1. The van der Waals surface area contributed by atoms with Gasteiger partial charge in [-0.3, -0.25) is 19.7 Å². The summed E-state index contributed by atoms with van der Waals surface area (Å²) in [6.07, 6.45) is -0.0621. The maximum atomic E-state index is 12.0. The highest BCUT2D eigenvalue weighted by Gasteiger charge is 2.16. The molecular weight excluding hydrogens is 346 g/mol. The van der Waals surface area contributed by atoms with Gasteiger partial charge >= 0.3 is 5.97 Å². The summed E-state index contributed by atoms with van der Waals surface area (Å²) in [5.41, 5.74) is 0.806. The SMILES string of the molecule is COc1ccccc1C(=O)NC(=O)COC(=O)Cc1ccccc1Cl. The molecule has 1 N–H and O–H groups in total. The molecule has 7 heteroatoms. The number of hydrogen-bond acceptors (Lipinski definition) is 5. The Labute approximate surface area is 149 Å². The summed E-state index contributed by atoms with van der Waals surface area (Å²) >= 11 is 5.95. The number of amides is 2. The number of benzene rings is 2. The van der Waals surface area contributed by atoms with Gasteiger partial charge in [0.05, 0.1) is 19.1 Å². The van der Waals surface area contributed by atoms with Crippen molar-refractivity contribution >= 4 is 29.4 Å². The molecule has 0 fully saturated rings. The van der Waals surface area contributed by atoms with E-state index in [1.165, 1.54) is 13.2 Å². The molecule has 0 saturated heterocycles. The first-order chi connectivity index (χ1) is 12.0. The first-order valence-corrected chi connectivity index (χ1v) is 7.75. The standard InChI is InChI=1S/C18H16ClNO5/c1-24-15-9-5-3-7-13(15)18(23)20-16(21)11-25-17(22)10-12-6-2-4-8-14(12)19/h2-9H,10-11H2,1H3,(H,20,21,23). The zero-order chi connectivity index (χ0) is 18.2. The Bertz CT molecular complexity index is 791. The summed E-state index contributed by atoms with van der Waals surface area (Å²) in [5, 5.41) is 2.58. The Kier molecular flexibility index (Phi) is 6.54. The number of carbonyl (C=O) groups is 3. The van der Waals surface area contributed by atoms with E-state index in [0.717, 1.165) is 0 Å². The van der Waals surface area contributed by atoms with Crippen LogP contribution in [0.2, 0.25) is 5.02 Å². The maximum absolute atomic E-state index is 12.0. The number of methoxy groups -OCH3 is 1. The molecule has 0 saturated carbocycles. The molecule has 0 heterocycles. The number of nitrogens with one attached hydrogen (secondary N) is 1. The molecule has 6 nitrogen and oxygen atoms in total. The van der Waals surface area contributed by atoms with Gasteiger partial charge in [-0.1, -0.05) is 41.9 Å². The molecule has 0 bridgehead atoms. The van der Waals surface area contributed by atoms with Crippen LogP contribution >= 0.6 is 11.6 Å². The smallest absolute Gasteiger partial charge is 0.310 e. The largest absolute Gasteiger partial charge is 0.496 e. The van der Waals surface area contributed by atoms with E-state index in [-0.39, 0.29) is 12.0 Å². The van der Waals surface area contributed by atoms with Gasteiger partial charge in [-0.15, -0.1) is 0 Å². The summed E-state index contributed by atoms with van der Waals surface area (Å²) < 4.78 is 9.92. The minimum Gasteiger partial charge on any atom is -0.496 e. The topological polar surface area (TPSA) is 81.7 Å². The number of ether oxygens (including phenoxy) is 2. The molecular formula is C18H16ClNO5. The lowest BCUT2D eigenvalue weighted by Crippen LogP contribution is -2.34. The highest BCUT2D eigenvalue weighted by atomic mass is 35.5. The first kappa shape index (κ1) is 18.5. The van der Waals surface area contributed by atoms with E-state index in [1.54, 1.807) is 42.5 Å². The van der Waals surface area contributed by atoms with Crippen molar-refractivity contribution in [3.05, 3.63) is 64.7 Å². The molecule has 2 aromatic carbocycles. The van der Waals surface area contributed by atoms with Crippen LogP contribution in [-0.4, -0.2) is 31.5 Å². The van der Waals surface area contributed by atoms with Crippen LogP contribution in [0.5, 0.6) is 5.75 Å². The Morgan fingerprint density at radius 1 is 1.04 bits per heavy atom. The van der Waals surface area contributed by atoms with Crippen molar-refractivity contribution < 1.29 is 23.9 Å². The molecule has 2 aromatic rings. The minimum absolute atomic E-state index is 0.0621. The second kappa shape index (κ2) is 8.84. The van der Waals surface area contributed by atoms with Crippen LogP contribution in [0.3, 0.4) is 0 Å². The lowest BCUT2D eigenvalue weighted by atomic mass is 10.1. The predicted molar refractivity (Wildman–Crippen MR) is 91.6 cm³/mol. The molecule has 2 rings (SSSR count).